The van der Waals surface area contributed by atoms with Crippen LogP contribution in [0.15, 0.2) is 30.3 Å². The van der Waals surface area contributed by atoms with Crippen molar-refractivity contribution in [2.24, 2.45) is 11.1 Å². The van der Waals surface area contributed by atoms with Crippen LogP contribution < -0.4 is 5.73 Å². The van der Waals surface area contributed by atoms with E-state index in [9.17, 15) is 0 Å². The summed E-state index contributed by atoms with van der Waals surface area (Å²) in [6.45, 7) is 3.08. The minimum Gasteiger partial charge on any atom is -0.330 e. The van der Waals surface area contributed by atoms with E-state index in [0.29, 0.717) is 11.3 Å². The van der Waals surface area contributed by atoms with Gasteiger partial charge in [-0.25, -0.2) is 0 Å². The molecule has 0 radical (unpaired) electrons. The molecule has 0 bridgehead atoms. The summed E-state index contributed by atoms with van der Waals surface area (Å²) in [7, 11) is 0. The summed E-state index contributed by atoms with van der Waals surface area (Å²) in [6, 6.07) is 10.7. The smallest absolute Gasteiger partial charge is 0.00171 e. The van der Waals surface area contributed by atoms with Crippen molar-refractivity contribution >= 4 is 0 Å². The van der Waals surface area contributed by atoms with Crippen LogP contribution in [0.1, 0.15) is 24.8 Å². The molecule has 12 heavy (non-hydrogen) atoms. The van der Waals surface area contributed by atoms with Gasteiger partial charge in [0.1, 0.15) is 0 Å². The van der Waals surface area contributed by atoms with Crippen molar-refractivity contribution in [2.75, 3.05) is 6.54 Å². The molecule has 64 valence electrons. The van der Waals surface area contributed by atoms with E-state index in [-0.39, 0.29) is 0 Å². The van der Waals surface area contributed by atoms with Crippen LogP contribution in [-0.2, 0) is 0 Å². The zero-order valence-corrected chi connectivity index (χ0v) is 7.46. The van der Waals surface area contributed by atoms with E-state index in [1.165, 1.54) is 12.0 Å². The molecule has 1 aliphatic carbocycles. The number of hydrogen-bond acceptors (Lipinski definition) is 1. The second kappa shape index (κ2) is 2.60. The Labute approximate surface area is 73.6 Å². The maximum atomic E-state index is 5.70. The minimum atomic E-state index is 0.390. The second-order valence-electron chi connectivity index (χ2n) is 4.03. The molecule has 0 heterocycles. The van der Waals surface area contributed by atoms with Gasteiger partial charge < -0.3 is 5.73 Å². The number of benzene rings is 1. The maximum absolute atomic E-state index is 5.70. The molecule has 1 fully saturated rings. The highest BCUT2D eigenvalue weighted by Gasteiger charge is 2.49. The van der Waals surface area contributed by atoms with E-state index >= 15 is 0 Å². The van der Waals surface area contributed by atoms with Crippen LogP contribution in [-0.4, -0.2) is 6.54 Å². The van der Waals surface area contributed by atoms with E-state index in [0.717, 1.165) is 6.54 Å². The lowest BCUT2D eigenvalue weighted by atomic mass is 10.0. The molecule has 0 amide bonds. The fraction of sp³-hybridized carbons (Fsp3) is 0.455. The lowest BCUT2D eigenvalue weighted by Crippen LogP contribution is -2.13. The third-order valence-electron chi connectivity index (χ3n) is 3.02. The normalized spacial score (nSPS) is 33.3. The van der Waals surface area contributed by atoms with Gasteiger partial charge in [0.2, 0.25) is 0 Å². The first-order valence-electron chi connectivity index (χ1n) is 4.51. The molecule has 0 aromatic heterocycles. The number of nitrogens with two attached hydrogens (primary N) is 1. The quantitative estimate of drug-likeness (QED) is 0.706. The van der Waals surface area contributed by atoms with Crippen LogP contribution in [0, 0.1) is 5.41 Å². The van der Waals surface area contributed by atoms with E-state index in [1.807, 2.05) is 0 Å². The third kappa shape index (κ3) is 1.14. The van der Waals surface area contributed by atoms with E-state index in [1.54, 1.807) is 0 Å². The summed E-state index contributed by atoms with van der Waals surface area (Å²) in [6.07, 6.45) is 1.26. The van der Waals surface area contributed by atoms with Crippen molar-refractivity contribution in [3.63, 3.8) is 0 Å². The molecule has 1 nitrogen and oxygen atoms in total. The molecule has 0 spiro atoms. The number of rotatable bonds is 2. The molecule has 1 aromatic carbocycles. The highest BCUT2D eigenvalue weighted by molar-refractivity contribution is 5.29. The van der Waals surface area contributed by atoms with Gasteiger partial charge in [-0.15, -0.1) is 0 Å². The van der Waals surface area contributed by atoms with E-state index < -0.39 is 0 Å². The third-order valence-corrected chi connectivity index (χ3v) is 3.02. The highest BCUT2D eigenvalue weighted by atomic mass is 14.7. The SMILES string of the molecule is C[C@@]1(CN)C[C@@H]1c1ccccc1. The molecule has 0 saturated heterocycles. The summed E-state index contributed by atoms with van der Waals surface area (Å²) >= 11 is 0. The molecule has 0 unspecified atom stereocenters. The van der Waals surface area contributed by atoms with Crippen LogP contribution in [0.3, 0.4) is 0 Å². The van der Waals surface area contributed by atoms with Gasteiger partial charge >= 0.3 is 0 Å². The van der Waals surface area contributed by atoms with Crippen LogP contribution in [0.4, 0.5) is 0 Å². The van der Waals surface area contributed by atoms with Crippen molar-refractivity contribution < 1.29 is 0 Å². The van der Waals surface area contributed by atoms with Gasteiger partial charge in [-0.1, -0.05) is 37.3 Å². The van der Waals surface area contributed by atoms with Crippen LogP contribution in [0.25, 0.3) is 0 Å². The van der Waals surface area contributed by atoms with Gasteiger partial charge in [-0.05, 0) is 29.9 Å². The van der Waals surface area contributed by atoms with Crippen molar-refractivity contribution in [2.45, 2.75) is 19.3 Å². The Balaban J connectivity index is 2.16. The monoisotopic (exact) mass is 161 g/mol. The zero-order chi connectivity index (χ0) is 8.60. The first kappa shape index (κ1) is 7.81. The summed E-state index contributed by atoms with van der Waals surface area (Å²) in [5.41, 5.74) is 7.54. The first-order chi connectivity index (χ1) is 5.76. The van der Waals surface area contributed by atoms with E-state index in [2.05, 4.69) is 37.3 Å². The highest BCUT2D eigenvalue weighted by Crippen LogP contribution is 2.58. The van der Waals surface area contributed by atoms with Crippen molar-refractivity contribution in [3.05, 3.63) is 35.9 Å². The predicted octanol–water partition coefficient (Wildman–Crippen LogP) is 2.14. The van der Waals surface area contributed by atoms with Gasteiger partial charge in [-0.2, -0.15) is 0 Å². The van der Waals surface area contributed by atoms with Gasteiger partial charge in [0, 0.05) is 0 Å². The Morgan fingerprint density at radius 2 is 2.08 bits per heavy atom. The zero-order valence-electron chi connectivity index (χ0n) is 7.46. The summed E-state index contributed by atoms with van der Waals surface area (Å²) in [5.74, 6) is 0.712. The standard InChI is InChI=1S/C11H15N/c1-11(8-12)7-10(11)9-5-3-2-4-6-9/h2-6,10H,7-8,12H2,1H3/t10-,11+/m1/s1. The number of hydrogen-bond donors (Lipinski definition) is 1. The van der Waals surface area contributed by atoms with Gasteiger partial charge in [0.15, 0.2) is 0 Å². The van der Waals surface area contributed by atoms with Crippen molar-refractivity contribution in [1.29, 1.82) is 0 Å². The van der Waals surface area contributed by atoms with Crippen LogP contribution in [0.2, 0.25) is 0 Å². The van der Waals surface area contributed by atoms with Gasteiger partial charge in [0.05, 0.1) is 0 Å². The molecule has 1 heteroatoms. The molecule has 1 saturated carbocycles. The molecule has 2 N–H and O–H groups in total. The van der Waals surface area contributed by atoms with Crippen LogP contribution in [0.5, 0.6) is 0 Å². The Morgan fingerprint density at radius 1 is 1.42 bits per heavy atom. The predicted molar refractivity (Wildman–Crippen MR) is 51.0 cm³/mol. The largest absolute Gasteiger partial charge is 0.330 e. The van der Waals surface area contributed by atoms with Crippen molar-refractivity contribution in [3.8, 4) is 0 Å². The minimum absolute atomic E-state index is 0.390. The molecule has 1 aliphatic rings. The Morgan fingerprint density at radius 3 is 2.58 bits per heavy atom. The average molecular weight is 161 g/mol. The van der Waals surface area contributed by atoms with Crippen LogP contribution >= 0.6 is 0 Å². The lowest BCUT2D eigenvalue weighted by Gasteiger charge is -2.06. The Kier molecular flexibility index (Phi) is 1.69. The lowest BCUT2D eigenvalue weighted by molar-refractivity contribution is 0.564. The average Bonchev–Trinajstić information content (AvgIpc) is 2.81. The molecular formula is C11H15N. The molecule has 1 aromatic rings. The van der Waals surface area contributed by atoms with Gasteiger partial charge in [-0.3, -0.25) is 0 Å². The fourth-order valence-electron chi connectivity index (χ4n) is 1.84. The summed E-state index contributed by atoms with van der Waals surface area (Å²) in [5, 5.41) is 0. The molecule has 0 aliphatic heterocycles. The van der Waals surface area contributed by atoms with Gasteiger partial charge in [0.25, 0.3) is 0 Å². The topological polar surface area (TPSA) is 26.0 Å². The van der Waals surface area contributed by atoms with E-state index in [4.69, 9.17) is 5.73 Å². The maximum Gasteiger partial charge on any atom is -0.00171 e. The summed E-state index contributed by atoms with van der Waals surface area (Å²) < 4.78 is 0. The first-order valence-corrected chi connectivity index (χ1v) is 4.51. The Hall–Kier alpha value is -0.820. The Bertz CT molecular complexity index is 268. The molecule has 2 rings (SSSR count). The molecule has 2 atom stereocenters. The van der Waals surface area contributed by atoms with Crippen molar-refractivity contribution in [1.82, 2.24) is 0 Å². The fourth-order valence-corrected chi connectivity index (χ4v) is 1.84. The second-order valence-corrected chi connectivity index (χ2v) is 4.03. The molecular weight excluding hydrogens is 146 g/mol. The summed E-state index contributed by atoms with van der Waals surface area (Å²) in [4.78, 5) is 0.